The number of benzene rings is 2. The van der Waals surface area contributed by atoms with Crippen LogP contribution in [0.1, 0.15) is 97.4 Å². The number of hydrogen-bond acceptors (Lipinski definition) is 10. The van der Waals surface area contributed by atoms with Gasteiger partial charge in [0.1, 0.15) is 29.9 Å². The van der Waals surface area contributed by atoms with E-state index >= 15 is 0 Å². The molecule has 6 bridgehead atoms. The number of phenolic OH excluding ortho intramolecular Hbond substituents is 1. The van der Waals surface area contributed by atoms with Gasteiger partial charge in [0, 0.05) is 67.7 Å². The number of rotatable bonds is 11. The Bertz CT molecular complexity index is 2500. The Hall–Kier alpha value is -5.80. The number of aromatic hydroxyl groups is 1. The van der Waals surface area contributed by atoms with E-state index in [1.807, 2.05) is 45.2 Å². The molecule has 4 N–H and O–H groups in total. The lowest BCUT2D eigenvalue weighted by Crippen LogP contribution is -2.62. The third kappa shape index (κ3) is 10.1. The SMILES string of the molecule is CC[C@H]1N[C@H]1C(=O)N(C)CC(=O)N(C)[C@H](C(=O)N[C@H]1Cc2cc(O)cc(c2)-c2ccc3c(c2)c(c(-c2cccnc2C(C)C)n3CC)CC(C)(C)COC(=O)[C@@H]2CCCN(N2)C1=O)C(C)C. The molecule has 66 heavy (non-hydrogen) atoms. The number of hydrazine groups is 1. The van der Waals surface area contributed by atoms with Gasteiger partial charge < -0.3 is 29.5 Å². The number of carbonyl (C=O) groups is 5. The summed E-state index contributed by atoms with van der Waals surface area (Å²) >= 11 is 0. The Labute approximate surface area is 388 Å². The molecule has 2 aromatic carbocycles. The molecular weight excluding hydrogens is 837 g/mol. The van der Waals surface area contributed by atoms with Gasteiger partial charge in [0.25, 0.3) is 5.91 Å². The number of aryl methyl sites for hydroxylation is 1. The molecule has 2 saturated heterocycles. The molecular formula is C51H68N8O7. The van der Waals surface area contributed by atoms with Crippen LogP contribution in [0.5, 0.6) is 5.75 Å². The number of ether oxygens (including phenoxy) is 1. The molecule has 5 heterocycles. The van der Waals surface area contributed by atoms with Crippen LogP contribution in [0, 0.1) is 11.3 Å². The number of carbonyl (C=O) groups excluding carboxylic acids is 5. The topological polar surface area (TPSA) is 188 Å². The third-order valence-corrected chi connectivity index (χ3v) is 13.3. The Morgan fingerprint density at radius 3 is 2.47 bits per heavy atom. The monoisotopic (exact) mass is 905 g/mol. The summed E-state index contributed by atoms with van der Waals surface area (Å²) in [7, 11) is 3.11. The Morgan fingerprint density at radius 2 is 1.79 bits per heavy atom. The second kappa shape index (κ2) is 19.6. The summed E-state index contributed by atoms with van der Waals surface area (Å²) in [5, 5.41) is 19.8. The fourth-order valence-electron chi connectivity index (χ4n) is 9.83. The molecule has 15 heteroatoms. The number of nitrogens with zero attached hydrogens (tertiary/aromatic N) is 5. The quantitative estimate of drug-likeness (QED) is 0.110. The van der Waals surface area contributed by atoms with Crippen LogP contribution < -0.4 is 16.1 Å². The first-order valence-corrected chi connectivity index (χ1v) is 23.6. The van der Waals surface area contributed by atoms with Crippen LogP contribution in [0.15, 0.2) is 54.7 Å². The van der Waals surface area contributed by atoms with Crippen LogP contribution in [-0.4, -0.2) is 123 Å². The van der Waals surface area contributed by atoms with Crippen LogP contribution >= 0.6 is 0 Å². The minimum absolute atomic E-state index is 0.00532. The predicted molar refractivity (Wildman–Crippen MR) is 254 cm³/mol. The highest BCUT2D eigenvalue weighted by Crippen LogP contribution is 2.42. The van der Waals surface area contributed by atoms with Crippen LogP contribution in [-0.2, 0) is 48.1 Å². The van der Waals surface area contributed by atoms with E-state index in [1.165, 1.54) is 21.9 Å². The van der Waals surface area contributed by atoms with Crippen LogP contribution in [0.4, 0.5) is 0 Å². The summed E-state index contributed by atoms with van der Waals surface area (Å²) in [6, 6.07) is 12.4. The number of hydrogen-bond donors (Lipinski definition) is 4. The van der Waals surface area contributed by atoms with Crippen molar-refractivity contribution < 1.29 is 33.8 Å². The van der Waals surface area contributed by atoms with Gasteiger partial charge in [-0.25, -0.2) is 5.43 Å². The Morgan fingerprint density at radius 1 is 1.03 bits per heavy atom. The largest absolute Gasteiger partial charge is 0.508 e. The number of cyclic esters (lactones) is 1. The highest BCUT2D eigenvalue weighted by Gasteiger charge is 2.43. The first-order valence-electron chi connectivity index (χ1n) is 23.6. The second-order valence-corrected chi connectivity index (χ2v) is 19.9. The third-order valence-electron chi connectivity index (χ3n) is 13.3. The standard InChI is InChI=1S/C51H68N8O7/c1-11-38-44(53-38)49(64)56(9)27-42(61)57(10)45(30(5)6)47(62)54-40-23-31-21-33(24-34(60)22-31)32-17-18-41-36(25-32)37(46(58(41)12-2)35-15-13-19-52-43(35)29(3)4)26-51(7,8)28-66-50(65)39-16-14-20-59(55-39)48(40)63/h13,15,17-19,21-22,24-25,29-30,38-40,44-45,53,55,60H,11-12,14,16,20,23,26-28H2,1-10H3,(H,54,62)/t38-,39+,40+,44-,45+/m1/s1. The van der Waals surface area contributed by atoms with Gasteiger partial charge in [-0.05, 0) is 103 Å². The van der Waals surface area contributed by atoms with E-state index in [0.29, 0.717) is 31.4 Å². The maximum atomic E-state index is 14.7. The average Bonchev–Trinajstić information content (AvgIpc) is 4.02. The van der Waals surface area contributed by atoms with Crippen molar-refractivity contribution in [2.24, 2.45) is 11.3 Å². The molecule has 4 amide bonds. The van der Waals surface area contributed by atoms with Gasteiger partial charge in [-0.3, -0.25) is 39.3 Å². The molecule has 2 aromatic heterocycles. The zero-order valence-corrected chi connectivity index (χ0v) is 40.2. The van der Waals surface area contributed by atoms with E-state index < -0.39 is 47.2 Å². The zero-order chi connectivity index (χ0) is 47.8. The number of aromatic nitrogens is 2. The maximum Gasteiger partial charge on any atom is 0.324 e. The maximum absolute atomic E-state index is 14.7. The molecule has 5 atom stereocenters. The first-order chi connectivity index (χ1) is 31.3. The lowest BCUT2D eigenvalue weighted by atomic mass is 9.83. The molecule has 7 rings (SSSR count). The summed E-state index contributed by atoms with van der Waals surface area (Å²) in [5.41, 5.74) is 10.0. The van der Waals surface area contributed by atoms with Gasteiger partial charge in [-0.2, -0.15) is 0 Å². The number of pyridine rings is 1. The number of nitrogens with one attached hydrogen (secondary N) is 3. The highest BCUT2D eigenvalue weighted by atomic mass is 16.5. The van der Waals surface area contributed by atoms with Gasteiger partial charge in [0.05, 0.1) is 24.5 Å². The predicted octanol–water partition coefficient (Wildman–Crippen LogP) is 5.56. The van der Waals surface area contributed by atoms with Crippen molar-refractivity contribution in [1.29, 1.82) is 0 Å². The molecule has 2 fully saturated rings. The lowest BCUT2D eigenvalue weighted by molar-refractivity contribution is -0.155. The molecule has 0 aliphatic carbocycles. The summed E-state index contributed by atoms with van der Waals surface area (Å²) in [4.78, 5) is 77.3. The van der Waals surface area contributed by atoms with E-state index in [-0.39, 0.29) is 61.7 Å². The Kier molecular flexibility index (Phi) is 14.3. The molecule has 0 spiro atoms. The molecule has 0 radical (unpaired) electrons. The number of fused-ring (bicyclic) bond motifs is 6. The Balaban J connectivity index is 1.28. The molecule has 15 nitrogen and oxygen atoms in total. The lowest BCUT2D eigenvalue weighted by Gasteiger charge is -2.37. The minimum Gasteiger partial charge on any atom is -0.508 e. The van der Waals surface area contributed by atoms with Crippen molar-refractivity contribution in [1.82, 2.24) is 40.4 Å². The van der Waals surface area contributed by atoms with Crippen molar-refractivity contribution in [3.8, 4) is 28.1 Å². The zero-order valence-electron chi connectivity index (χ0n) is 40.2. The molecule has 3 aliphatic rings. The molecule has 354 valence electrons. The normalized spacial score (nSPS) is 21.3. The van der Waals surface area contributed by atoms with E-state index in [2.05, 4.69) is 73.4 Å². The van der Waals surface area contributed by atoms with Gasteiger partial charge >= 0.3 is 5.97 Å². The first kappa shape index (κ1) is 48.1. The average molecular weight is 905 g/mol. The summed E-state index contributed by atoms with van der Waals surface area (Å²) in [6.45, 7) is 17.1. The van der Waals surface area contributed by atoms with Crippen molar-refractivity contribution in [2.45, 2.75) is 130 Å². The van der Waals surface area contributed by atoms with Gasteiger partial charge in [-0.15, -0.1) is 0 Å². The molecule has 0 unspecified atom stereocenters. The number of phenols is 1. The van der Waals surface area contributed by atoms with Crippen LogP contribution in [0.2, 0.25) is 0 Å². The summed E-state index contributed by atoms with van der Waals surface area (Å²) in [5.74, 6) is -2.32. The van der Waals surface area contributed by atoms with E-state index in [4.69, 9.17) is 9.72 Å². The summed E-state index contributed by atoms with van der Waals surface area (Å²) in [6.07, 6.45) is 4.15. The van der Waals surface area contributed by atoms with Gasteiger partial charge in [0.2, 0.25) is 17.7 Å². The van der Waals surface area contributed by atoms with E-state index in [9.17, 15) is 29.1 Å². The molecule has 4 aromatic rings. The van der Waals surface area contributed by atoms with Gasteiger partial charge in [0.15, 0.2) is 0 Å². The molecule has 0 saturated carbocycles. The fraction of sp³-hybridized carbons (Fsp3) is 0.529. The number of amides is 4. The summed E-state index contributed by atoms with van der Waals surface area (Å²) < 4.78 is 8.44. The minimum atomic E-state index is -1.17. The fourth-order valence-corrected chi connectivity index (χ4v) is 9.83. The molecule has 3 aliphatic heterocycles. The van der Waals surface area contributed by atoms with Crippen LogP contribution in [0.3, 0.4) is 0 Å². The highest BCUT2D eigenvalue weighted by molar-refractivity contribution is 5.96. The van der Waals surface area contributed by atoms with Crippen molar-refractivity contribution in [3.05, 3.63) is 71.5 Å². The van der Waals surface area contributed by atoms with E-state index in [0.717, 1.165) is 51.0 Å². The van der Waals surface area contributed by atoms with Crippen molar-refractivity contribution in [2.75, 3.05) is 33.8 Å². The number of likely N-dealkylation sites (N-methyl/N-ethyl adjacent to an activating group) is 2. The smallest absolute Gasteiger partial charge is 0.324 e. The van der Waals surface area contributed by atoms with Gasteiger partial charge in [-0.1, -0.05) is 60.6 Å². The van der Waals surface area contributed by atoms with Crippen molar-refractivity contribution >= 4 is 40.5 Å². The second-order valence-electron chi connectivity index (χ2n) is 19.9. The van der Waals surface area contributed by atoms with Crippen LogP contribution in [0.25, 0.3) is 33.3 Å². The van der Waals surface area contributed by atoms with Crippen molar-refractivity contribution in [3.63, 3.8) is 0 Å². The van der Waals surface area contributed by atoms with E-state index in [1.54, 1.807) is 19.2 Å². The number of esters is 1.